The van der Waals surface area contributed by atoms with Crippen LogP contribution >= 0.6 is 0 Å². The summed E-state index contributed by atoms with van der Waals surface area (Å²) in [4.78, 5) is 26.0. The Balaban J connectivity index is 1.95. The van der Waals surface area contributed by atoms with Crippen LogP contribution in [0.2, 0.25) is 0 Å². The average Bonchev–Trinajstić information content (AvgIpc) is 3.11. The van der Waals surface area contributed by atoms with Crippen molar-refractivity contribution in [3.63, 3.8) is 0 Å². The molecule has 1 aromatic carbocycles. The lowest BCUT2D eigenvalue weighted by atomic mass is 10.0. The zero-order chi connectivity index (χ0) is 16.4. The van der Waals surface area contributed by atoms with Crippen molar-refractivity contribution in [1.29, 1.82) is 0 Å². The van der Waals surface area contributed by atoms with E-state index >= 15 is 0 Å². The molecule has 1 aliphatic heterocycles. The molecule has 1 aromatic heterocycles. The van der Waals surface area contributed by atoms with Gasteiger partial charge in [0.25, 0.3) is 0 Å². The molecule has 23 heavy (non-hydrogen) atoms. The van der Waals surface area contributed by atoms with E-state index in [4.69, 9.17) is 9.47 Å². The molecule has 1 aliphatic rings. The number of hydrogen-bond donors (Lipinski definition) is 3. The second-order valence-corrected chi connectivity index (χ2v) is 5.47. The first kappa shape index (κ1) is 15.4. The summed E-state index contributed by atoms with van der Waals surface area (Å²) in [6.45, 7) is 0.286. The van der Waals surface area contributed by atoms with Gasteiger partial charge >= 0.3 is 12.1 Å². The lowest BCUT2D eigenvalue weighted by Gasteiger charge is -2.08. The lowest BCUT2D eigenvalue weighted by Crippen LogP contribution is -2.28. The number of esters is 1. The fourth-order valence-corrected chi connectivity index (χ4v) is 2.89. The number of aliphatic hydroxyl groups excluding tert-OH is 1. The van der Waals surface area contributed by atoms with E-state index in [0.29, 0.717) is 25.1 Å². The summed E-state index contributed by atoms with van der Waals surface area (Å²) in [6, 6.07) is 5.73. The zero-order valence-electron chi connectivity index (χ0n) is 12.7. The van der Waals surface area contributed by atoms with Gasteiger partial charge in [0.05, 0.1) is 13.2 Å². The van der Waals surface area contributed by atoms with Crippen LogP contribution in [0.5, 0.6) is 0 Å². The molecule has 2 aromatic rings. The number of alkyl carbamates (subject to hydrolysis) is 1. The van der Waals surface area contributed by atoms with Crippen molar-refractivity contribution < 1.29 is 24.2 Å². The molecule has 0 saturated carbocycles. The number of ether oxygens (including phenoxy) is 2. The third kappa shape index (κ3) is 3.00. The summed E-state index contributed by atoms with van der Waals surface area (Å²) < 4.78 is 9.67. The molecule has 0 radical (unpaired) electrons. The number of H-pyrrole nitrogens is 1. The number of aromatic amines is 1. The van der Waals surface area contributed by atoms with Crippen LogP contribution in [0.3, 0.4) is 0 Å². The van der Waals surface area contributed by atoms with Crippen LogP contribution in [0, 0.1) is 0 Å². The van der Waals surface area contributed by atoms with Gasteiger partial charge in [0.2, 0.25) is 0 Å². The monoisotopic (exact) mass is 318 g/mol. The van der Waals surface area contributed by atoms with Crippen molar-refractivity contribution in [3.8, 4) is 0 Å². The number of fused-ring (bicyclic) bond motifs is 1. The Morgan fingerprint density at radius 1 is 1.48 bits per heavy atom. The van der Waals surface area contributed by atoms with Gasteiger partial charge in [0.15, 0.2) is 0 Å². The number of rotatable bonds is 5. The third-order valence-electron chi connectivity index (χ3n) is 3.94. The molecule has 1 atom stereocenters. The van der Waals surface area contributed by atoms with Gasteiger partial charge in [0.1, 0.15) is 12.3 Å². The molecule has 122 valence electrons. The number of hydrogen-bond acceptors (Lipinski definition) is 5. The molecule has 3 N–H and O–H groups in total. The molecule has 0 aliphatic carbocycles. The first-order chi connectivity index (χ1) is 11.1. The largest absolute Gasteiger partial charge is 0.464 e. The number of cyclic esters (lactones) is 1. The first-order valence-corrected chi connectivity index (χ1v) is 7.38. The maximum atomic E-state index is 11.9. The Morgan fingerprint density at radius 2 is 2.30 bits per heavy atom. The van der Waals surface area contributed by atoms with E-state index in [-0.39, 0.29) is 12.6 Å². The Morgan fingerprint density at radius 3 is 2.96 bits per heavy atom. The van der Waals surface area contributed by atoms with Gasteiger partial charge in [-0.3, -0.25) is 0 Å². The number of carbonyl (C=O) groups is 2. The molecule has 0 spiro atoms. The normalized spacial score (nSPS) is 17.1. The zero-order valence-corrected chi connectivity index (χ0v) is 12.7. The molecule has 3 rings (SSSR count). The van der Waals surface area contributed by atoms with Crippen LogP contribution < -0.4 is 5.32 Å². The molecule has 0 unspecified atom stereocenters. The van der Waals surface area contributed by atoms with Gasteiger partial charge in [-0.15, -0.1) is 0 Å². The van der Waals surface area contributed by atoms with Crippen LogP contribution in [0.1, 0.15) is 21.6 Å². The van der Waals surface area contributed by atoms with Gasteiger partial charge in [-0.05, 0) is 36.1 Å². The van der Waals surface area contributed by atoms with Gasteiger partial charge in [0, 0.05) is 17.5 Å². The topological polar surface area (TPSA) is 101 Å². The Bertz CT molecular complexity index is 752. The number of benzene rings is 1. The number of aromatic nitrogens is 1. The minimum absolute atomic E-state index is 0.0553. The highest BCUT2D eigenvalue weighted by molar-refractivity contribution is 5.98. The maximum Gasteiger partial charge on any atom is 0.407 e. The van der Waals surface area contributed by atoms with E-state index in [2.05, 4.69) is 10.3 Å². The van der Waals surface area contributed by atoms with E-state index in [9.17, 15) is 14.7 Å². The SMILES string of the molecule is COC(=O)c1[nH]c2ccc(C[C@H]3COC(=O)N3)cc2c1CCO. The Kier molecular flexibility index (Phi) is 4.20. The summed E-state index contributed by atoms with van der Waals surface area (Å²) in [5.74, 6) is -0.456. The molecule has 2 heterocycles. The van der Waals surface area contributed by atoms with E-state index in [1.165, 1.54) is 7.11 Å². The van der Waals surface area contributed by atoms with Gasteiger partial charge in [-0.25, -0.2) is 9.59 Å². The fraction of sp³-hybridized carbons (Fsp3) is 0.375. The number of nitrogens with one attached hydrogen (secondary N) is 2. The highest BCUT2D eigenvalue weighted by atomic mass is 16.6. The summed E-state index contributed by atoms with van der Waals surface area (Å²) >= 11 is 0. The van der Waals surface area contributed by atoms with Crippen LogP contribution in [0.4, 0.5) is 4.79 Å². The summed E-state index contributed by atoms with van der Waals surface area (Å²) in [7, 11) is 1.32. The Hall–Kier alpha value is -2.54. The molecule has 1 amide bonds. The smallest absolute Gasteiger partial charge is 0.407 e. The molecule has 1 fully saturated rings. The minimum Gasteiger partial charge on any atom is -0.464 e. The van der Waals surface area contributed by atoms with E-state index in [0.717, 1.165) is 22.0 Å². The second-order valence-electron chi connectivity index (χ2n) is 5.47. The van der Waals surface area contributed by atoms with E-state index in [1.54, 1.807) is 0 Å². The Labute approximate surface area is 132 Å². The van der Waals surface area contributed by atoms with Crippen molar-refractivity contribution in [2.45, 2.75) is 18.9 Å². The fourth-order valence-electron chi connectivity index (χ4n) is 2.89. The maximum absolute atomic E-state index is 11.9. The molecule has 0 bridgehead atoms. The standard InChI is InChI=1S/C16H18N2O5/c1-22-15(20)14-11(4-5-19)12-7-9(2-3-13(12)18-14)6-10-8-23-16(21)17-10/h2-3,7,10,18-19H,4-6,8H2,1H3,(H,17,21)/t10-/m0/s1. The van der Waals surface area contributed by atoms with Gasteiger partial charge < -0.3 is 24.9 Å². The minimum atomic E-state index is -0.456. The van der Waals surface area contributed by atoms with E-state index < -0.39 is 12.1 Å². The quantitative estimate of drug-likeness (QED) is 0.718. The molecule has 1 saturated heterocycles. The van der Waals surface area contributed by atoms with Crippen molar-refractivity contribution in [1.82, 2.24) is 10.3 Å². The predicted octanol–water partition coefficient (Wildman–Crippen LogP) is 1.14. The lowest BCUT2D eigenvalue weighted by molar-refractivity contribution is 0.0593. The highest BCUT2D eigenvalue weighted by Crippen LogP contribution is 2.25. The number of methoxy groups -OCH3 is 1. The van der Waals surface area contributed by atoms with Crippen molar-refractivity contribution in [3.05, 3.63) is 35.0 Å². The van der Waals surface area contributed by atoms with Gasteiger partial charge in [-0.2, -0.15) is 0 Å². The van der Waals surface area contributed by atoms with E-state index in [1.807, 2.05) is 18.2 Å². The third-order valence-corrected chi connectivity index (χ3v) is 3.94. The highest BCUT2D eigenvalue weighted by Gasteiger charge is 2.23. The van der Waals surface area contributed by atoms with Crippen molar-refractivity contribution in [2.24, 2.45) is 0 Å². The first-order valence-electron chi connectivity index (χ1n) is 7.38. The average molecular weight is 318 g/mol. The summed E-state index contributed by atoms with van der Waals surface area (Å²) in [6.07, 6.45) is 0.600. The van der Waals surface area contributed by atoms with Crippen LogP contribution in [0.25, 0.3) is 10.9 Å². The number of carbonyl (C=O) groups excluding carboxylic acids is 2. The van der Waals surface area contributed by atoms with Gasteiger partial charge in [-0.1, -0.05) is 6.07 Å². The molecular formula is C16H18N2O5. The molecular weight excluding hydrogens is 300 g/mol. The number of amides is 1. The number of aliphatic hydroxyl groups is 1. The van der Waals surface area contributed by atoms with Crippen LogP contribution in [-0.4, -0.2) is 48.5 Å². The predicted molar refractivity (Wildman–Crippen MR) is 82.4 cm³/mol. The van der Waals surface area contributed by atoms with Crippen LogP contribution in [-0.2, 0) is 22.3 Å². The summed E-state index contributed by atoms with van der Waals surface area (Å²) in [5.41, 5.74) is 2.93. The molecule has 7 nitrogen and oxygen atoms in total. The van der Waals surface area contributed by atoms with Crippen molar-refractivity contribution in [2.75, 3.05) is 20.3 Å². The van der Waals surface area contributed by atoms with Crippen molar-refractivity contribution >= 4 is 23.0 Å². The molecule has 7 heteroatoms. The summed E-state index contributed by atoms with van der Waals surface area (Å²) in [5, 5.41) is 12.9. The van der Waals surface area contributed by atoms with Crippen LogP contribution in [0.15, 0.2) is 18.2 Å². The second kappa shape index (κ2) is 6.29.